The zero-order valence-corrected chi connectivity index (χ0v) is 9.44. The number of hydrogen-bond donors (Lipinski definition) is 4. The van der Waals surface area contributed by atoms with Gasteiger partial charge in [-0.05, 0) is 31.4 Å². The van der Waals surface area contributed by atoms with Crippen LogP contribution < -0.4 is 11.1 Å². The van der Waals surface area contributed by atoms with Gasteiger partial charge in [0.2, 0.25) is 0 Å². The van der Waals surface area contributed by atoms with Crippen LogP contribution in [-0.2, 0) is 0 Å². The van der Waals surface area contributed by atoms with Gasteiger partial charge in [-0.15, -0.1) is 0 Å². The van der Waals surface area contributed by atoms with Crippen LogP contribution in [0.15, 0.2) is 18.2 Å². The summed E-state index contributed by atoms with van der Waals surface area (Å²) in [7, 11) is 0. The number of benzene rings is 1. The van der Waals surface area contributed by atoms with Crippen molar-refractivity contribution in [3.8, 4) is 11.5 Å². The van der Waals surface area contributed by atoms with Gasteiger partial charge in [0, 0.05) is 12.6 Å². The van der Waals surface area contributed by atoms with Crippen LogP contribution in [0.5, 0.6) is 11.5 Å². The number of rotatable bonds is 3. The molecule has 0 aliphatic heterocycles. The molecule has 2 rings (SSSR count). The molecule has 1 aliphatic carbocycles. The Labute approximate surface area is 99.3 Å². The number of amides is 1. The van der Waals surface area contributed by atoms with E-state index in [1.807, 2.05) is 0 Å². The lowest BCUT2D eigenvalue weighted by Gasteiger charge is -2.41. The van der Waals surface area contributed by atoms with Crippen LogP contribution in [0.4, 0.5) is 0 Å². The van der Waals surface area contributed by atoms with E-state index in [1.54, 1.807) is 0 Å². The molecule has 1 aromatic rings. The first-order valence-corrected chi connectivity index (χ1v) is 5.61. The Morgan fingerprint density at radius 3 is 2.59 bits per heavy atom. The van der Waals surface area contributed by atoms with Gasteiger partial charge in [0.05, 0.1) is 11.1 Å². The second kappa shape index (κ2) is 4.25. The molecule has 0 aromatic heterocycles. The molecule has 0 spiro atoms. The third-order valence-electron chi connectivity index (χ3n) is 3.31. The van der Waals surface area contributed by atoms with Crippen LogP contribution in [0.3, 0.4) is 0 Å². The van der Waals surface area contributed by atoms with Crippen molar-refractivity contribution < 1.29 is 15.0 Å². The van der Waals surface area contributed by atoms with E-state index < -0.39 is 0 Å². The second-order valence-electron chi connectivity index (χ2n) is 4.49. The number of aromatic hydroxyl groups is 2. The fourth-order valence-corrected chi connectivity index (χ4v) is 2.00. The summed E-state index contributed by atoms with van der Waals surface area (Å²) in [4.78, 5) is 11.9. The Morgan fingerprint density at radius 2 is 2.12 bits per heavy atom. The highest BCUT2D eigenvalue weighted by molar-refractivity contribution is 5.97. The van der Waals surface area contributed by atoms with E-state index in [4.69, 9.17) is 10.8 Å². The zero-order chi connectivity index (χ0) is 12.5. The van der Waals surface area contributed by atoms with Gasteiger partial charge in [-0.3, -0.25) is 4.79 Å². The lowest BCUT2D eigenvalue weighted by Crippen LogP contribution is -2.58. The Kier molecular flexibility index (Phi) is 2.93. The third kappa shape index (κ3) is 2.19. The van der Waals surface area contributed by atoms with Gasteiger partial charge in [-0.1, -0.05) is 0 Å². The van der Waals surface area contributed by atoms with Crippen molar-refractivity contribution in [1.82, 2.24) is 5.32 Å². The van der Waals surface area contributed by atoms with Gasteiger partial charge in [0.15, 0.2) is 0 Å². The zero-order valence-electron chi connectivity index (χ0n) is 9.44. The normalized spacial score (nSPS) is 17.2. The molecular formula is C12H16N2O3. The quantitative estimate of drug-likeness (QED) is 0.621. The van der Waals surface area contributed by atoms with Gasteiger partial charge in [0.1, 0.15) is 11.5 Å². The molecule has 5 N–H and O–H groups in total. The summed E-state index contributed by atoms with van der Waals surface area (Å²) in [6.45, 7) is 0.400. The molecule has 1 fully saturated rings. The molecule has 0 saturated heterocycles. The number of carbonyl (C=O) groups excluding carboxylic acids is 1. The van der Waals surface area contributed by atoms with Crippen LogP contribution >= 0.6 is 0 Å². The maximum Gasteiger partial charge on any atom is 0.255 e. The summed E-state index contributed by atoms with van der Waals surface area (Å²) in [5.41, 5.74) is 5.48. The standard InChI is InChI=1S/C12H16N2O3/c13-7-12(4-1-5-12)14-11(17)9-3-2-8(15)6-10(9)16/h2-3,6,15-16H,1,4-5,7,13H2,(H,14,17). The van der Waals surface area contributed by atoms with E-state index in [-0.39, 0.29) is 28.5 Å². The third-order valence-corrected chi connectivity index (χ3v) is 3.31. The highest BCUT2D eigenvalue weighted by atomic mass is 16.3. The largest absolute Gasteiger partial charge is 0.508 e. The lowest BCUT2D eigenvalue weighted by atomic mass is 9.76. The number of nitrogens with one attached hydrogen (secondary N) is 1. The minimum atomic E-state index is -0.354. The fraction of sp³-hybridized carbons (Fsp3) is 0.417. The summed E-state index contributed by atoms with van der Waals surface area (Å²) >= 11 is 0. The molecule has 0 atom stereocenters. The van der Waals surface area contributed by atoms with Crippen molar-refractivity contribution in [3.05, 3.63) is 23.8 Å². The van der Waals surface area contributed by atoms with Gasteiger partial charge in [0.25, 0.3) is 5.91 Å². The first-order valence-electron chi connectivity index (χ1n) is 5.61. The highest BCUT2D eigenvalue weighted by Gasteiger charge is 2.37. The first kappa shape index (κ1) is 11.7. The monoisotopic (exact) mass is 236 g/mol. The van der Waals surface area contributed by atoms with E-state index in [1.165, 1.54) is 12.1 Å². The average molecular weight is 236 g/mol. The Hall–Kier alpha value is -1.75. The van der Waals surface area contributed by atoms with Gasteiger partial charge >= 0.3 is 0 Å². The maximum atomic E-state index is 11.9. The lowest BCUT2D eigenvalue weighted by molar-refractivity contribution is 0.0835. The van der Waals surface area contributed by atoms with Crippen LogP contribution in [0.1, 0.15) is 29.6 Å². The van der Waals surface area contributed by atoms with Crippen LogP contribution in [0.25, 0.3) is 0 Å². The number of phenolic OH excluding ortho intramolecular Hbond substituents is 2. The molecule has 5 heteroatoms. The Balaban J connectivity index is 2.14. The SMILES string of the molecule is NCC1(NC(=O)c2ccc(O)cc2O)CCC1. The predicted octanol–water partition coefficient (Wildman–Crippen LogP) is 0.709. The van der Waals surface area contributed by atoms with Crippen molar-refractivity contribution in [1.29, 1.82) is 0 Å². The summed E-state index contributed by atoms with van der Waals surface area (Å²) in [6.07, 6.45) is 2.79. The van der Waals surface area contributed by atoms with Crippen LogP contribution in [-0.4, -0.2) is 28.2 Å². The Bertz CT molecular complexity index is 436. The summed E-state index contributed by atoms with van der Waals surface area (Å²) in [6, 6.07) is 3.90. The molecule has 0 radical (unpaired) electrons. The average Bonchev–Trinajstić information content (AvgIpc) is 2.23. The number of hydrogen-bond acceptors (Lipinski definition) is 4. The molecule has 1 aromatic carbocycles. The van der Waals surface area contributed by atoms with E-state index in [0.717, 1.165) is 25.3 Å². The summed E-state index contributed by atoms with van der Waals surface area (Å²) in [5, 5.41) is 21.6. The van der Waals surface area contributed by atoms with Crippen molar-refractivity contribution in [2.75, 3.05) is 6.54 Å². The number of nitrogens with two attached hydrogens (primary N) is 1. The highest BCUT2D eigenvalue weighted by Crippen LogP contribution is 2.31. The maximum absolute atomic E-state index is 11.9. The van der Waals surface area contributed by atoms with E-state index in [0.29, 0.717) is 6.54 Å². The molecule has 0 heterocycles. The molecule has 1 amide bonds. The van der Waals surface area contributed by atoms with Gasteiger partial charge in [-0.25, -0.2) is 0 Å². The van der Waals surface area contributed by atoms with E-state index in [2.05, 4.69) is 5.32 Å². The first-order chi connectivity index (χ1) is 8.06. The minimum Gasteiger partial charge on any atom is -0.508 e. The van der Waals surface area contributed by atoms with E-state index >= 15 is 0 Å². The molecule has 0 unspecified atom stereocenters. The number of phenols is 2. The molecule has 1 aliphatic rings. The summed E-state index contributed by atoms with van der Waals surface area (Å²) in [5.74, 6) is -0.655. The molecule has 1 saturated carbocycles. The van der Waals surface area contributed by atoms with Crippen LogP contribution in [0.2, 0.25) is 0 Å². The summed E-state index contributed by atoms with van der Waals surface area (Å²) < 4.78 is 0. The van der Waals surface area contributed by atoms with Crippen molar-refractivity contribution in [3.63, 3.8) is 0 Å². The second-order valence-corrected chi connectivity index (χ2v) is 4.49. The minimum absolute atomic E-state index is 0.0729. The van der Waals surface area contributed by atoms with Gasteiger partial charge in [-0.2, -0.15) is 0 Å². The topological polar surface area (TPSA) is 95.6 Å². The smallest absolute Gasteiger partial charge is 0.255 e. The van der Waals surface area contributed by atoms with Gasteiger partial charge < -0.3 is 21.3 Å². The Morgan fingerprint density at radius 1 is 1.41 bits per heavy atom. The molecule has 92 valence electrons. The molecule has 17 heavy (non-hydrogen) atoms. The van der Waals surface area contributed by atoms with Crippen molar-refractivity contribution in [2.45, 2.75) is 24.8 Å². The predicted molar refractivity (Wildman–Crippen MR) is 62.9 cm³/mol. The van der Waals surface area contributed by atoms with Crippen molar-refractivity contribution in [2.24, 2.45) is 5.73 Å². The molecular weight excluding hydrogens is 220 g/mol. The fourth-order valence-electron chi connectivity index (χ4n) is 2.00. The molecule has 5 nitrogen and oxygen atoms in total. The van der Waals surface area contributed by atoms with Crippen molar-refractivity contribution >= 4 is 5.91 Å². The van der Waals surface area contributed by atoms with Crippen LogP contribution in [0, 0.1) is 0 Å². The number of carbonyl (C=O) groups is 1. The van der Waals surface area contributed by atoms with E-state index in [9.17, 15) is 9.90 Å². The molecule has 0 bridgehead atoms.